The predicted octanol–water partition coefficient (Wildman–Crippen LogP) is 5.68. The van der Waals surface area contributed by atoms with Crippen molar-refractivity contribution in [1.82, 2.24) is 19.5 Å². The van der Waals surface area contributed by atoms with Crippen LogP contribution in [0.2, 0.25) is 0 Å². The van der Waals surface area contributed by atoms with Crippen molar-refractivity contribution in [3.8, 4) is 0 Å². The summed E-state index contributed by atoms with van der Waals surface area (Å²) >= 11 is 0. The average molecular weight is 439 g/mol. The van der Waals surface area contributed by atoms with Gasteiger partial charge in [0.25, 0.3) is 0 Å². The molecule has 0 atom stereocenters. The van der Waals surface area contributed by atoms with Crippen LogP contribution in [-0.4, -0.2) is 19.5 Å². The molecular formula is C26H23FN6. The van der Waals surface area contributed by atoms with Gasteiger partial charge in [-0.1, -0.05) is 66.2 Å². The van der Waals surface area contributed by atoms with Crippen LogP contribution in [0.1, 0.15) is 16.7 Å². The molecule has 6 nitrogen and oxygen atoms in total. The molecule has 5 aromatic rings. The smallest absolute Gasteiger partial charge is 0.210 e. The third-order valence-corrected chi connectivity index (χ3v) is 5.38. The molecule has 0 aliphatic heterocycles. The SMILES string of the molecule is Cc1ccc(Cn2c(Nc3cccc(F)c3)nc3c(NCc4ccccc4)ncnc32)cc1. The highest BCUT2D eigenvalue weighted by atomic mass is 19.1. The monoisotopic (exact) mass is 438 g/mol. The van der Waals surface area contributed by atoms with Gasteiger partial charge in [0.1, 0.15) is 12.1 Å². The van der Waals surface area contributed by atoms with Crippen LogP contribution in [0, 0.1) is 12.7 Å². The van der Waals surface area contributed by atoms with E-state index < -0.39 is 0 Å². The Balaban J connectivity index is 1.54. The Morgan fingerprint density at radius 2 is 1.70 bits per heavy atom. The first-order valence-electron chi connectivity index (χ1n) is 10.7. The lowest BCUT2D eigenvalue weighted by atomic mass is 10.1. The summed E-state index contributed by atoms with van der Waals surface area (Å²) in [6, 6.07) is 24.8. The molecule has 7 heteroatoms. The van der Waals surface area contributed by atoms with Crippen molar-refractivity contribution in [3.63, 3.8) is 0 Å². The second-order valence-corrected chi connectivity index (χ2v) is 7.88. The van der Waals surface area contributed by atoms with Gasteiger partial charge in [0.15, 0.2) is 17.0 Å². The zero-order valence-corrected chi connectivity index (χ0v) is 18.2. The summed E-state index contributed by atoms with van der Waals surface area (Å²) in [5, 5.41) is 6.63. The van der Waals surface area contributed by atoms with Gasteiger partial charge in [-0.25, -0.2) is 19.3 Å². The van der Waals surface area contributed by atoms with Gasteiger partial charge in [-0.2, -0.15) is 0 Å². The standard InChI is InChI=1S/C26H23FN6/c1-18-10-12-20(13-11-18)16-33-25-23(32-26(33)31-22-9-5-8-21(27)14-22)24(29-17-30-25)28-15-19-6-3-2-4-7-19/h2-14,17H,15-16H2,1H3,(H,31,32)(H,28,29,30). The number of anilines is 3. The number of benzene rings is 3. The molecule has 3 aromatic carbocycles. The van der Waals surface area contributed by atoms with E-state index >= 15 is 0 Å². The van der Waals surface area contributed by atoms with Gasteiger partial charge in [0.05, 0.1) is 6.54 Å². The van der Waals surface area contributed by atoms with Crippen LogP contribution in [0.5, 0.6) is 0 Å². The summed E-state index contributed by atoms with van der Waals surface area (Å²) in [7, 11) is 0. The molecule has 0 fully saturated rings. The first-order chi connectivity index (χ1) is 16.2. The molecule has 2 heterocycles. The number of hydrogen-bond donors (Lipinski definition) is 2. The summed E-state index contributed by atoms with van der Waals surface area (Å²) in [6.45, 7) is 3.24. The molecule has 0 aliphatic rings. The van der Waals surface area contributed by atoms with E-state index in [-0.39, 0.29) is 5.82 Å². The highest BCUT2D eigenvalue weighted by Gasteiger charge is 2.17. The van der Waals surface area contributed by atoms with Crippen molar-refractivity contribution in [2.24, 2.45) is 0 Å². The summed E-state index contributed by atoms with van der Waals surface area (Å²) in [5.74, 6) is 0.902. The number of nitrogens with zero attached hydrogens (tertiary/aromatic N) is 4. The van der Waals surface area contributed by atoms with Gasteiger partial charge in [-0.05, 0) is 36.2 Å². The van der Waals surface area contributed by atoms with Gasteiger partial charge >= 0.3 is 0 Å². The van der Waals surface area contributed by atoms with E-state index in [0.29, 0.717) is 41.7 Å². The Morgan fingerprint density at radius 3 is 2.48 bits per heavy atom. The van der Waals surface area contributed by atoms with E-state index in [9.17, 15) is 4.39 Å². The molecule has 164 valence electrons. The average Bonchev–Trinajstić information content (AvgIpc) is 3.17. The number of aryl methyl sites for hydroxylation is 1. The predicted molar refractivity (Wildman–Crippen MR) is 129 cm³/mol. The molecule has 0 aliphatic carbocycles. The molecule has 0 saturated carbocycles. The highest BCUT2D eigenvalue weighted by Crippen LogP contribution is 2.27. The molecule has 33 heavy (non-hydrogen) atoms. The van der Waals surface area contributed by atoms with E-state index in [1.54, 1.807) is 12.1 Å². The minimum atomic E-state index is -0.314. The minimum Gasteiger partial charge on any atom is -0.364 e. The third-order valence-electron chi connectivity index (χ3n) is 5.38. The Hall–Kier alpha value is -4.26. The fourth-order valence-electron chi connectivity index (χ4n) is 3.66. The van der Waals surface area contributed by atoms with Gasteiger partial charge in [-0.15, -0.1) is 0 Å². The van der Waals surface area contributed by atoms with Crippen LogP contribution in [0.15, 0.2) is 85.2 Å². The van der Waals surface area contributed by atoms with Gasteiger partial charge < -0.3 is 10.6 Å². The van der Waals surface area contributed by atoms with Gasteiger partial charge in [0, 0.05) is 12.2 Å². The summed E-state index contributed by atoms with van der Waals surface area (Å²) in [5.41, 5.74) is 5.41. The van der Waals surface area contributed by atoms with Crippen LogP contribution in [0.4, 0.5) is 21.8 Å². The topological polar surface area (TPSA) is 67.7 Å². The number of rotatable bonds is 7. The zero-order chi connectivity index (χ0) is 22.6. The van der Waals surface area contributed by atoms with Crippen LogP contribution in [-0.2, 0) is 13.1 Å². The number of imidazole rings is 1. The van der Waals surface area contributed by atoms with Gasteiger partial charge in [-0.3, -0.25) is 4.57 Å². The number of hydrogen-bond acceptors (Lipinski definition) is 5. The molecule has 2 aromatic heterocycles. The Bertz CT molecular complexity index is 1380. The van der Waals surface area contributed by atoms with Crippen molar-refractivity contribution in [2.45, 2.75) is 20.0 Å². The third kappa shape index (κ3) is 4.67. The molecule has 0 radical (unpaired) electrons. The second kappa shape index (κ2) is 9.08. The normalized spacial score (nSPS) is 11.0. The maximum absolute atomic E-state index is 13.8. The second-order valence-electron chi connectivity index (χ2n) is 7.88. The fourth-order valence-corrected chi connectivity index (χ4v) is 3.66. The first kappa shape index (κ1) is 20.6. The van der Waals surface area contributed by atoms with Crippen molar-refractivity contribution in [1.29, 1.82) is 0 Å². The van der Waals surface area contributed by atoms with E-state index in [0.717, 1.165) is 11.1 Å². The Kier molecular flexibility index (Phi) is 5.68. The summed E-state index contributed by atoms with van der Waals surface area (Å²) in [4.78, 5) is 13.8. The lowest BCUT2D eigenvalue weighted by Gasteiger charge is -2.11. The zero-order valence-electron chi connectivity index (χ0n) is 18.2. The number of halogens is 1. The van der Waals surface area contributed by atoms with Crippen molar-refractivity contribution < 1.29 is 4.39 Å². The number of aromatic nitrogens is 4. The summed E-state index contributed by atoms with van der Waals surface area (Å²) in [6.07, 6.45) is 1.54. The van der Waals surface area contributed by atoms with Crippen molar-refractivity contribution in [2.75, 3.05) is 10.6 Å². The van der Waals surface area contributed by atoms with E-state index in [2.05, 4.69) is 63.9 Å². The quantitative estimate of drug-likeness (QED) is 0.342. The van der Waals surface area contributed by atoms with Crippen LogP contribution < -0.4 is 10.6 Å². The van der Waals surface area contributed by atoms with Crippen LogP contribution in [0.3, 0.4) is 0 Å². The molecule has 0 spiro atoms. The molecular weight excluding hydrogens is 415 g/mol. The van der Waals surface area contributed by atoms with E-state index in [1.165, 1.54) is 24.0 Å². The highest BCUT2D eigenvalue weighted by molar-refractivity contribution is 5.86. The molecule has 2 N–H and O–H groups in total. The first-order valence-corrected chi connectivity index (χ1v) is 10.7. The van der Waals surface area contributed by atoms with E-state index in [1.807, 2.05) is 22.8 Å². The lowest BCUT2D eigenvalue weighted by molar-refractivity contribution is 0.628. The minimum absolute atomic E-state index is 0.314. The fraction of sp³-hybridized carbons (Fsp3) is 0.115. The Labute approximate surface area is 191 Å². The maximum atomic E-state index is 13.8. The molecule has 0 amide bonds. The van der Waals surface area contributed by atoms with Crippen molar-refractivity contribution in [3.05, 3.63) is 108 Å². The summed E-state index contributed by atoms with van der Waals surface area (Å²) < 4.78 is 15.8. The Morgan fingerprint density at radius 1 is 0.879 bits per heavy atom. The van der Waals surface area contributed by atoms with E-state index in [4.69, 9.17) is 4.98 Å². The maximum Gasteiger partial charge on any atom is 0.210 e. The number of nitrogens with one attached hydrogen (secondary N) is 2. The van der Waals surface area contributed by atoms with Crippen molar-refractivity contribution >= 4 is 28.6 Å². The molecule has 0 saturated heterocycles. The van der Waals surface area contributed by atoms with Gasteiger partial charge in [0.2, 0.25) is 5.95 Å². The van der Waals surface area contributed by atoms with Crippen LogP contribution >= 0.6 is 0 Å². The van der Waals surface area contributed by atoms with Crippen LogP contribution in [0.25, 0.3) is 11.2 Å². The largest absolute Gasteiger partial charge is 0.364 e. The molecule has 0 bridgehead atoms. The lowest BCUT2D eigenvalue weighted by Crippen LogP contribution is -2.06. The molecule has 5 rings (SSSR count). The number of fused-ring (bicyclic) bond motifs is 1. The molecule has 0 unspecified atom stereocenters.